The molecule has 0 aliphatic carbocycles. The number of amidine groups is 1. The van der Waals surface area contributed by atoms with E-state index >= 15 is 0 Å². The summed E-state index contributed by atoms with van der Waals surface area (Å²) in [6.07, 6.45) is 2.06. The summed E-state index contributed by atoms with van der Waals surface area (Å²) in [5.41, 5.74) is 0.849. The van der Waals surface area contributed by atoms with Gasteiger partial charge in [-0.3, -0.25) is 4.99 Å². The number of hydrogen-bond donors (Lipinski definition) is 1. The quantitative estimate of drug-likeness (QED) is 0.884. The Morgan fingerprint density at radius 1 is 1.10 bits per heavy atom. The van der Waals surface area contributed by atoms with Crippen LogP contribution in [0.3, 0.4) is 0 Å². The molecule has 0 saturated carbocycles. The smallest absolute Gasteiger partial charge is 0.150 e. The number of rotatable bonds is 3. The van der Waals surface area contributed by atoms with E-state index in [1.165, 1.54) is 0 Å². The highest BCUT2D eigenvalue weighted by Crippen LogP contribution is 2.32. The van der Waals surface area contributed by atoms with Crippen LogP contribution in [0.5, 0.6) is 11.5 Å². The topological polar surface area (TPSA) is 33.6 Å². The third-order valence-electron chi connectivity index (χ3n) is 3.07. The summed E-state index contributed by atoms with van der Waals surface area (Å²) in [6.45, 7) is 0.887. The van der Waals surface area contributed by atoms with Crippen molar-refractivity contribution >= 4 is 23.1 Å². The highest BCUT2D eigenvalue weighted by Gasteiger charge is 2.11. The van der Waals surface area contributed by atoms with Gasteiger partial charge in [0.05, 0.1) is 5.69 Å². The van der Waals surface area contributed by atoms with Crippen LogP contribution in [0.25, 0.3) is 0 Å². The minimum Gasteiger partial charge on any atom is -0.455 e. The molecule has 3 rings (SSSR count). The van der Waals surface area contributed by atoms with Gasteiger partial charge >= 0.3 is 0 Å². The molecule has 0 unspecified atom stereocenters. The zero-order valence-corrected chi connectivity index (χ0v) is 11.7. The van der Waals surface area contributed by atoms with E-state index in [0.717, 1.165) is 42.4 Å². The fourth-order valence-electron chi connectivity index (χ4n) is 2.10. The molecule has 20 heavy (non-hydrogen) atoms. The molecule has 3 nitrogen and oxygen atoms in total. The molecule has 0 saturated heterocycles. The molecular weight excluding hydrogens is 272 g/mol. The maximum absolute atomic E-state index is 6.07. The molecule has 0 radical (unpaired) electrons. The molecule has 1 heterocycles. The highest BCUT2D eigenvalue weighted by atomic mass is 35.5. The van der Waals surface area contributed by atoms with Gasteiger partial charge in [-0.05, 0) is 36.8 Å². The monoisotopic (exact) mass is 286 g/mol. The molecule has 2 aromatic carbocycles. The van der Waals surface area contributed by atoms with Crippen molar-refractivity contribution in [2.24, 2.45) is 4.99 Å². The number of nitrogens with zero attached hydrogens (tertiary/aromatic N) is 1. The molecule has 0 bridgehead atoms. The summed E-state index contributed by atoms with van der Waals surface area (Å²) in [5.74, 6) is 2.53. The van der Waals surface area contributed by atoms with Crippen LogP contribution >= 0.6 is 11.6 Å². The van der Waals surface area contributed by atoms with Crippen molar-refractivity contribution in [3.63, 3.8) is 0 Å². The van der Waals surface area contributed by atoms with Crippen molar-refractivity contribution in [2.45, 2.75) is 12.8 Å². The first-order valence-corrected chi connectivity index (χ1v) is 7.02. The lowest BCUT2D eigenvalue weighted by Crippen LogP contribution is -2.09. The van der Waals surface area contributed by atoms with Gasteiger partial charge in [-0.25, -0.2) is 0 Å². The maximum atomic E-state index is 6.07. The average molecular weight is 287 g/mol. The third kappa shape index (κ3) is 3.11. The van der Waals surface area contributed by atoms with Crippen LogP contribution in [0.15, 0.2) is 53.5 Å². The number of ether oxygens (including phenoxy) is 1. The van der Waals surface area contributed by atoms with Gasteiger partial charge in [-0.15, -0.1) is 0 Å². The van der Waals surface area contributed by atoms with E-state index in [4.69, 9.17) is 16.3 Å². The minimum atomic E-state index is 0.673. The van der Waals surface area contributed by atoms with Gasteiger partial charge in [-0.1, -0.05) is 29.8 Å². The Morgan fingerprint density at radius 2 is 1.95 bits per heavy atom. The van der Waals surface area contributed by atoms with Crippen LogP contribution in [0, 0.1) is 0 Å². The number of aliphatic imine (C=N–C) groups is 1. The first-order valence-electron chi connectivity index (χ1n) is 6.64. The Kier molecular flexibility index (Phi) is 3.88. The van der Waals surface area contributed by atoms with Gasteiger partial charge in [0.15, 0.2) is 5.75 Å². The predicted molar refractivity (Wildman–Crippen MR) is 83.1 cm³/mol. The Bertz CT molecular complexity index is 626. The minimum absolute atomic E-state index is 0.673. The average Bonchev–Trinajstić information content (AvgIpc) is 2.96. The standard InChI is InChI=1S/C16H15ClN2O/c17-12-8-9-15(20-13-5-2-1-3-6-13)14(11-12)19-16-7-4-10-18-16/h1-3,5-6,8-9,11H,4,7,10H2,(H,18,19). The first kappa shape index (κ1) is 13.0. The molecule has 4 heteroatoms. The molecule has 0 amide bonds. The van der Waals surface area contributed by atoms with E-state index in [1.54, 1.807) is 0 Å². The number of anilines is 1. The lowest BCUT2D eigenvalue weighted by atomic mass is 10.2. The molecule has 2 aromatic rings. The van der Waals surface area contributed by atoms with Gasteiger partial charge in [0.2, 0.25) is 0 Å². The zero-order chi connectivity index (χ0) is 13.8. The Labute approximate surface area is 123 Å². The third-order valence-corrected chi connectivity index (χ3v) is 3.30. The highest BCUT2D eigenvalue weighted by molar-refractivity contribution is 6.31. The summed E-state index contributed by atoms with van der Waals surface area (Å²) in [5, 5.41) is 3.98. The van der Waals surface area contributed by atoms with Crippen molar-refractivity contribution in [2.75, 3.05) is 11.9 Å². The SMILES string of the molecule is Clc1ccc(Oc2ccccc2)c(NC2=NCCC2)c1. The van der Waals surface area contributed by atoms with Gasteiger partial charge in [-0.2, -0.15) is 0 Å². The van der Waals surface area contributed by atoms with Crippen LogP contribution < -0.4 is 10.1 Å². The van der Waals surface area contributed by atoms with Crippen LogP contribution in [0.2, 0.25) is 5.02 Å². The largest absolute Gasteiger partial charge is 0.455 e. The van der Waals surface area contributed by atoms with E-state index in [2.05, 4.69) is 10.3 Å². The Balaban J connectivity index is 1.85. The van der Waals surface area contributed by atoms with Crippen molar-refractivity contribution in [3.8, 4) is 11.5 Å². The van der Waals surface area contributed by atoms with E-state index in [9.17, 15) is 0 Å². The molecule has 0 fully saturated rings. The molecule has 0 aromatic heterocycles. The van der Waals surface area contributed by atoms with E-state index in [-0.39, 0.29) is 0 Å². The van der Waals surface area contributed by atoms with Crippen molar-refractivity contribution in [1.29, 1.82) is 0 Å². The van der Waals surface area contributed by atoms with Crippen LogP contribution in [-0.2, 0) is 0 Å². The van der Waals surface area contributed by atoms with Crippen LogP contribution in [-0.4, -0.2) is 12.4 Å². The second-order valence-electron chi connectivity index (χ2n) is 4.61. The lowest BCUT2D eigenvalue weighted by molar-refractivity contribution is 0.485. The lowest BCUT2D eigenvalue weighted by Gasteiger charge is -2.13. The number of para-hydroxylation sites is 1. The first-order chi connectivity index (χ1) is 9.81. The normalized spacial score (nSPS) is 13.9. The molecule has 1 N–H and O–H groups in total. The molecule has 0 atom stereocenters. The number of hydrogen-bond acceptors (Lipinski definition) is 3. The Morgan fingerprint density at radius 3 is 2.70 bits per heavy atom. The summed E-state index contributed by atoms with van der Waals surface area (Å²) in [7, 11) is 0. The fraction of sp³-hybridized carbons (Fsp3) is 0.188. The van der Waals surface area contributed by atoms with E-state index in [1.807, 2.05) is 48.5 Å². The number of halogens is 1. The molecule has 1 aliphatic heterocycles. The van der Waals surface area contributed by atoms with Crippen LogP contribution in [0.1, 0.15) is 12.8 Å². The van der Waals surface area contributed by atoms with Crippen LogP contribution in [0.4, 0.5) is 5.69 Å². The molecular formula is C16H15ClN2O. The zero-order valence-electron chi connectivity index (χ0n) is 11.0. The number of benzene rings is 2. The summed E-state index contributed by atoms with van der Waals surface area (Å²) in [6, 6.07) is 15.2. The van der Waals surface area contributed by atoms with Gasteiger partial charge < -0.3 is 10.1 Å². The van der Waals surface area contributed by atoms with Gasteiger partial charge in [0.25, 0.3) is 0 Å². The maximum Gasteiger partial charge on any atom is 0.150 e. The second kappa shape index (κ2) is 5.97. The molecule has 0 spiro atoms. The van der Waals surface area contributed by atoms with Crippen molar-refractivity contribution < 1.29 is 4.74 Å². The van der Waals surface area contributed by atoms with Gasteiger partial charge in [0, 0.05) is 18.0 Å². The van der Waals surface area contributed by atoms with E-state index < -0.39 is 0 Å². The molecule has 102 valence electrons. The predicted octanol–water partition coefficient (Wildman–Crippen LogP) is 4.74. The fourth-order valence-corrected chi connectivity index (χ4v) is 2.27. The van der Waals surface area contributed by atoms with Crippen molar-refractivity contribution in [1.82, 2.24) is 0 Å². The number of nitrogens with one attached hydrogen (secondary N) is 1. The van der Waals surface area contributed by atoms with E-state index in [0.29, 0.717) is 5.02 Å². The summed E-state index contributed by atoms with van der Waals surface area (Å²) in [4.78, 5) is 4.42. The Hall–Kier alpha value is -2.00. The summed E-state index contributed by atoms with van der Waals surface area (Å²) >= 11 is 6.07. The van der Waals surface area contributed by atoms with Gasteiger partial charge in [0.1, 0.15) is 11.6 Å². The summed E-state index contributed by atoms with van der Waals surface area (Å²) < 4.78 is 5.90. The van der Waals surface area contributed by atoms with Crippen molar-refractivity contribution in [3.05, 3.63) is 53.6 Å². The second-order valence-corrected chi connectivity index (χ2v) is 5.05. The molecule has 1 aliphatic rings.